The second kappa shape index (κ2) is 2.65. The summed E-state index contributed by atoms with van der Waals surface area (Å²) >= 11 is 0. The summed E-state index contributed by atoms with van der Waals surface area (Å²) in [5.41, 5.74) is 5.66. The third kappa shape index (κ3) is 1.28. The molecule has 4 N–H and O–H groups in total. The fourth-order valence-electron chi connectivity index (χ4n) is 2.00. The van der Waals surface area contributed by atoms with Crippen molar-refractivity contribution in [1.29, 1.82) is 0 Å². The Kier molecular flexibility index (Phi) is 1.91. The Morgan fingerprint density at radius 2 is 1.62 bits per heavy atom. The fourth-order valence-corrected chi connectivity index (χ4v) is 2.00. The molecule has 0 radical (unpaired) electrons. The van der Waals surface area contributed by atoms with Gasteiger partial charge < -0.3 is 25.4 Å². The van der Waals surface area contributed by atoms with E-state index in [2.05, 4.69) is 0 Å². The van der Waals surface area contributed by atoms with Crippen molar-refractivity contribution in [2.45, 2.75) is 50.1 Å². The van der Waals surface area contributed by atoms with Gasteiger partial charge in [0.1, 0.15) is 24.4 Å². The summed E-state index contributed by atoms with van der Waals surface area (Å²) < 4.78 is 10.9. The summed E-state index contributed by atoms with van der Waals surface area (Å²) in [6.07, 6.45) is -2.80. The van der Waals surface area contributed by atoms with E-state index in [0.29, 0.717) is 0 Å². The van der Waals surface area contributed by atoms with Crippen molar-refractivity contribution in [2.24, 2.45) is 5.73 Å². The highest BCUT2D eigenvalue weighted by atomic mass is 16.8. The van der Waals surface area contributed by atoms with Crippen LogP contribution in [0.3, 0.4) is 0 Å². The SMILES string of the molecule is CC1(C)OC2C(N)[C@@H](O)[C@H](O)C2O1. The lowest BCUT2D eigenvalue weighted by atomic mass is 10.2. The smallest absolute Gasteiger partial charge is 0.163 e. The molecule has 0 aromatic heterocycles. The van der Waals surface area contributed by atoms with E-state index in [1.807, 2.05) is 0 Å². The molecule has 0 aromatic carbocycles. The molecule has 5 nitrogen and oxygen atoms in total. The second-order valence-electron chi connectivity index (χ2n) is 4.12. The van der Waals surface area contributed by atoms with Crippen LogP contribution < -0.4 is 5.73 Å². The molecule has 1 aliphatic carbocycles. The number of hydrogen-bond donors (Lipinski definition) is 3. The Balaban J connectivity index is 2.18. The fraction of sp³-hybridized carbons (Fsp3) is 1.00. The monoisotopic (exact) mass is 189 g/mol. The maximum atomic E-state index is 9.54. The average molecular weight is 189 g/mol. The van der Waals surface area contributed by atoms with Crippen molar-refractivity contribution in [3.63, 3.8) is 0 Å². The van der Waals surface area contributed by atoms with Gasteiger partial charge in [0.25, 0.3) is 0 Å². The Labute approximate surface area is 76.4 Å². The molecule has 0 amide bonds. The van der Waals surface area contributed by atoms with Crippen molar-refractivity contribution in [2.75, 3.05) is 0 Å². The number of rotatable bonds is 0. The van der Waals surface area contributed by atoms with E-state index in [-0.39, 0.29) is 0 Å². The van der Waals surface area contributed by atoms with Crippen molar-refractivity contribution < 1.29 is 19.7 Å². The van der Waals surface area contributed by atoms with Crippen LogP contribution in [0, 0.1) is 0 Å². The minimum atomic E-state index is -0.953. The van der Waals surface area contributed by atoms with E-state index in [1.165, 1.54) is 0 Å². The van der Waals surface area contributed by atoms with Crippen LogP contribution in [-0.2, 0) is 9.47 Å². The Morgan fingerprint density at radius 3 is 2.15 bits per heavy atom. The van der Waals surface area contributed by atoms with Crippen molar-refractivity contribution >= 4 is 0 Å². The Bertz CT molecular complexity index is 200. The predicted molar refractivity (Wildman–Crippen MR) is 43.8 cm³/mol. The van der Waals surface area contributed by atoms with Crippen LogP contribution in [0.1, 0.15) is 13.8 Å². The summed E-state index contributed by atoms with van der Waals surface area (Å²) in [7, 11) is 0. The zero-order valence-electron chi connectivity index (χ0n) is 7.68. The summed E-state index contributed by atoms with van der Waals surface area (Å²) in [4.78, 5) is 0. The topological polar surface area (TPSA) is 84.9 Å². The average Bonchev–Trinajstić information content (AvgIpc) is 2.44. The van der Waals surface area contributed by atoms with E-state index < -0.39 is 36.2 Å². The molecule has 1 heterocycles. The standard InChI is InChI=1S/C8H15NO4/c1-8(2)12-6-3(9)4(10)5(11)7(6)13-8/h3-7,10-11H,9H2,1-2H3/t3?,4-,5+,6?,7?/m1/s1. The molecular formula is C8H15NO4. The highest BCUT2D eigenvalue weighted by Gasteiger charge is 2.57. The van der Waals surface area contributed by atoms with Gasteiger partial charge in [-0.05, 0) is 13.8 Å². The molecule has 13 heavy (non-hydrogen) atoms. The first kappa shape index (κ1) is 9.36. The van der Waals surface area contributed by atoms with Gasteiger partial charge >= 0.3 is 0 Å². The Hall–Kier alpha value is -0.200. The number of aliphatic hydroxyl groups excluding tert-OH is 2. The van der Waals surface area contributed by atoms with Crippen molar-refractivity contribution in [1.82, 2.24) is 0 Å². The number of nitrogens with two attached hydrogens (primary N) is 1. The quantitative estimate of drug-likeness (QED) is 0.435. The minimum absolute atomic E-state index is 0.403. The third-order valence-electron chi connectivity index (χ3n) is 2.62. The molecule has 0 aromatic rings. The Morgan fingerprint density at radius 1 is 1.08 bits per heavy atom. The summed E-state index contributed by atoms with van der Waals surface area (Å²) in [5.74, 6) is -0.714. The zero-order chi connectivity index (χ0) is 9.80. The molecule has 1 aliphatic heterocycles. The van der Waals surface area contributed by atoms with Gasteiger partial charge in [-0.1, -0.05) is 0 Å². The van der Waals surface area contributed by atoms with E-state index >= 15 is 0 Å². The first-order valence-electron chi connectivity index (χ1n) is 4.40. The van der Waals surface area contributed by atoms with Gasteiger partial charge in [-0.25, -0.2) is 0 Å². The highest BCUT2D eigenvalue weighted by Crippen LogP contribution is 2.37. The number of hydrogen-bond acceptors (Lipinski definition) is 5. The van der Waals surface area contributed by atoms with Gasteiger partial charge in [0.05, 0.1) is 6.04 Å². The van der Waals surface area contributed by atoms with Crippen LogP contribution in [0.5, 0.6) is 0 Å². The summed E-state index contributed by atoms with van der Waals surface area (Å²) in [6, 6.07) is -0.568. The van der Waals surface area contributed by atoms with Crippen molar-refractivity contribution in [3.8, 4) is 0 Å². The van der Waals surface area contributed by atoms with Crippen LogP contribution in [-0.4, -0.2) is 46.5 Å². The third-order valence-corrected chi connectivity index (χ3v) is 2.62. The molecule has 2 aliphatic rings. The van der Waals surface area contributed by atoms with Gasteiger partial charge in [0.15, 0.2) is 5.79 Å². The first-order valence-corrected chi connectivity index (χ1v) is 4.40. The predicted octanol–water partition coefficient (Wildman–Crippen LogP) is -1.43. The molecule has 5 heteroatoms. The van der Waals surface area contributed by atoms with E-state index in [4.69, 9.17) is 15.2 Å². The lowest BCUT2D eigenvalue weighted by molar-refractivity contribution is -0.174. The van der Waals surface area contributed by atoms with E-state index in [9.17, 15) is 10.2 Å². The molecule has 5 atom stereocenters. The maximum Gasteiger partial charge on any atom is 0.163 e. The van der Waals surface area contributed by atoms with Crippen LogP contribution in [0.4, 0.5) is 0 Å². The number of aliphatic hydroxyl groups is 2. The second-order valence-corrected chi connectivity index (χ2v) is 4.12. The summed E-state index contributed by atoms with van der Waals surface area (Å²) in [5, 5.41) is 18.9. The lowest BCUT2D eigenvalue weighted by Gasteiger charge is -2.23. The van der Waals surface area contributed by atoms with Gasteiger partial charge in [-0.2, -0.15) is 0 Å². The van der Waals surface area contributed by atoms with E-state index in [1.54, 1.807) is 13.8 Å². The molecule has 0 bridgehead atoms. The molecule has 1 saturated heterocycles. The van der Waals surface area contributed by atoms with Gasteiger partial charge in [0.2, 0.25) is 0 Å². The molecule has 2 fully saturated rings. The van der Waals surface area contributed by atoms with Gasteiger partial charge in [0, 0.05) is 0 Å². The molecule has 0 spiro atoms. The van der Waals surface area contributed by atoms with Crippen molar-refractivity contribution in [3.05, 3.63) is 0 Å². The van der Waals surface area contributed by atoms with Crippen LogP contribution in [0.15, 0.2) is 0 Å². The van der Waals surface area contributed by atoms with Crippen LogP contribution >= 0.6 is 0 Å². The van der Waals surface area contributed by atoms with Crippen LogP contribution in [0.25, 0.3) is 0 Å². The van der Waals surface area contributed by atoms with Gasteiger partial charge in [-0.3, -0.25) is 0 Å². The van der Waals surface area contributed by atoms with E-state index in [0.717, 1.165) is 0 Å². The lowest BCUT2D eigenvalue weighted by Crippen LogP contribution is -2.43. The molecule has 2 rings (SSSR count). The largest absolute Gasteiger partial charge is 0.389 e. The number of fused-ring (bicyclic) bond motifs is 1. The van der Waals surface area contributed by atoms with Crippen LogP contribution in [0.2, 0.25) is 0 Å². The highest BCUT2D eigenvalue weighted by molar-refractivity contribution is 5.06. The van der Waals surface area contributed by atoms with Gasteiger partial charge in [-0.15, -0.1) is 0 Å². The first-order chi connectivity index (χ1) is 5.92. The minimum Gasteiger partial charge on any atom is -0.389 e. The molecule has 76 valence electrons. The molecular weight excluding hydrogens is 174 g/mol. The maximum absolute atomic E-state index is 9.54. The summed E-state index contributed by atoms with van der Waals surface area (Å²) in [6.45, 7) is 3.52. The normalized spacial score (nSPS) is 53.8. The zero-order valence-corrected chi connectivity index (χ0v) is 7.68. The molecule has 1 saturated carbocycles. The number of ether oxygens (including phenoxy) is 2. The molecule has 3 unspecified atom stereocenters.